The van der Waals surface area contributed by atoms with Crippen LogP contribution in [0, 0.1) is 0 Å². The van der Waals surface area contributed by atoms with Gasteiger partial charge in [-0.25, -0.2) is 0 Å². The van der Waals surface area contributed by atoms with Crippen molar-refractivity contribution in [2.75, 3.05) is 30.6 Å². The highest BCUT2D eigenvalue weighted by Gasteiger charge is 2.18. The summed E-state index contributed by atoms with van der Waals surface area (Å²) in [4.78, 5) is 0. The summed E-state index contributed by atoms with van der Waals surface area (Å²) in [5, 5.41) is 0. The second-order valence-electron chi connectivity index (χ2n) is 4.09. The second kappa shape index (κ2) is 5.47. The van der Waals surface area contributed by atoms with Gasteiger partial charge >= 0.3 is 0 Å². The third-order valence-electron chi connectivity index (χ3n) is 3.28. The first-order chi connectivity index (χ1) is 5.95. The molecular weight excluding hydrogens is 194 g/mol. The zero-order chi connectivity index (χ0) is 10.5. The molecule has 0 aliphatic rings. The van der Waals surface area contributed by atoms with E-state index in [9.17, 15) is 0 Å². The minimum Gasteiger partial charge on any atom is -0.108 e. The van der Waals surface area contributed by atoms with Crippen molar-refractivity contribution in [1.29, 1.82) is 0 Å². The smallest absolute Gasteiger partial charge is 0.0133 e. The summed E-state index contributed by atoms with van der Waals surface area (Å²) in [6, 6.07) is 0. The van der Waals surface area contributed by atoms with Crippen LogP contribution in [0.3, 0.4) is 0 Å². The maximum absolute atomic E-state index is 4.49. The Labute approximate surface area is 85.1 Å². The lowest BCUT2D eigenvalue weighted by Crippen LogP contribution is -2.01. The van der Waals surface area contributed by atoms with E-state index in [0.29, 0.717) is 0 Å². The van der Waals surface area contributed by atoms with Crippen LogP contribution in [0.1, 0.15) is 27.7 Å². The molecule has 0 aromatic carbocycles. The van der Waals surface area contributed by atoms with E-state index in [1.807, 2.05) is 0 Å². The predicted octanol–water partition coefficient (Wildman–Crippen LogP) is 3.92. The number of hydrogen-bond donors (Lipinski definition) is 0. The fraction of sp³-hybridized carbons (Fsp3) is 0.818. The molecular formula is C11H26P2. The molecule has 0 aromatic rings. The topological polar surface area (TPSA) is 0 Å². The van der Waals surface area contributed by atoms with Crippen LogP contribution in [0.25, 0.3) is 0 Å². The van der Waals surface area contributed by atoms with E-state index >= 15 is 0 Å². The van der Waals surface area contributed by atoms with Gasteiger partial charge in [-0.2, -0.15) is 0 Å². The minimum atomic E-state index is -0.849. The first kappa shape index (κ1) is 13.6. The minimum absolute atomic E-state index is 0.849. The van der Waals surface area contributed by atoms with Crippen molar-refractivity contribution in [2.24, 2.45) is 0 Å². The molecule has 0 unspecified atom stereocenters. The SMILES string of the molecule is C=P(CC)(CC)CP(=C)(CC)CC. The highest BCUT2D eigenvalue weighted by atomic mass is 31.2. The van der Waals surface area contributed by atoms with E-state index in [2.05, 4.69) is 40.3 Å². The van der Waals surface area contributed by atoms with Crippen molar-refractivity contribution in [3.05, 3.63) is 0 Å². The van der Waals surface area contributed by atoms with Crippen LogP contribution >= 0.6 is 13.8 Å². The second-order valence-corrected chi connectivity index (χ2v) is 13.1. The van der Waals surface area contributed by atoms with Gasteiger partial charge in [-0.05, 0) is 30.6 Å². The van der Waals surface area contributed by atoms with Gasteiger partial charge in [0.15, 0.2) is 0 Å². The monoisotopic (exact) mass is 220 g/mol. The summed E-state index contributed by atoms with van der Waals surface area (Å²) in [5.41, 5.74) is 0. The molecule has 0 heterocycles. The summed E-state index contributed by atoms with van der Waals surface area (Å²) < 4.78 is 0. The van der Waals surface area contributed by atoms with Gasteiger partial charge in [0.25, 0.3) is 0 Å². The van der Waals surface area contributed by atoms with Crippen LogP contribution in [0.4, 0.5) is 0 Å². The first-order valence-electron chi connectivity index (χ1n) is 5.36. The fourth-order valence-corrected chi connectivity index (χ4v) is 10.7. The molecule has 0 atom stereocenters. The van der Waals surface area contributed by atoms with Crippen molar-refractivity contribution >= 4 is 26.4 Å². The van der Waals surface area contributed by atoms with Gasteiger partial charge in [-0.3, -0.25) is 0 Å². The lowest BCUT2D eigenvalue weighted by atomic mass is 11.0. The van der Waals surface area contributed by atoms with Crippen molar-refractivity contribution in [1.82, 2.24) is 0 Å². The highest BCUT2D eigenvalue weighted by Crippen LogP contribution is 2.60. The molecule has 13 heavy (non-hydrogen) atoms. The summed E-state index contributed by atoms with van der Waals surface area (Å²) in [6.45, 7) is 7.52. The van der Waals surface area contributed by atoms with E-state index in [4.69, 9.17) is 0 Å². The normalized spacial score (nSPS) is 13.2. The van der Waals surface area contributed by atoms with Crippen LogP contribution in [0.5, 0.6) is 0 Å². The van der Waals surface area contributed by atoms with Gasteiger partial charge in [0.1, 0.15) is 0 Å². The molecule has 0 saturated heterocycles. The summed E-state index contributed by atoms with van der Waals surface area (Å²) in [6.07, 6.45) is 14.2. The molecule has 0 bridgehead atoms. The summed E-state index contributed by atoms with van der Waals surface area (Å²) in [7, 11) is 0. The third-order valence-corrected chi connectivity index (χ3v) is 13.4. The Morgan fingerprint density at radius 3 is 1.08 bits per heavy atom. The molecule has 0 rings (SSSR count). The van der Waals surface area contributed by atoms with Gasteiger partial charge in [-0.15, -0.1) is 26.4 Å². The van der Waals surface area contributed by atoms with Gasteiger partial charge < -0.3 is 0 Å². The van der Waals surface area contributed by atoms with Gasteiger partial charge in [0, 0.05) is 0 Å². The molecule has 2 heteroatoms. The Kier molecular flexibility index (Phi) is 5.73. The average molecular weight is 220 g/mol. The van der Waals surface area contributed by atoms with Crippen LogP contribution in [0.2, 0.25) is 0 Å². The summed E-state index contributed by atoms with van der Waals surface area (Å²) in [5.74, 6) is 1.39. The molecule has 0 aliphatic heterocycles. The highest BCUT2D eigenvalue weighted by molar-refractivity contribution is 7.89. The molecule has 0 N–H and O–H groups in total. The van der Waals surface area contributed by atoms with E-state index in [-0.39, 0.29) is 0 Å². The number of rotatable bonds is 6. The molecule has 0 nitrogen and oxygen atoms in total. The quantitative estimate of drug-likeness (QED) is 0.595. The van der Waals surface area contributed by atoms with E-state index in [1.165, 1.54) is 30.6 Å². The van der Waals surface area contributed by atoms with Gasteiger partial charge in [-0.1, -0.05) is 27.7 Å². The van der Waals surface area contributed by atoms with Gasteiger partial charge in [0.2, 0.25) is 0 Å². The zero-order valence-electron chi connectivity index (χ0n) is 9.84. The van der Waals surface area contributed by atoms with Crippen molar-refractivity contribution < 1.29 is 0 Å². The Hall–Kier alpha value is 0.600. The predicted molar refractivity (Wildman–Crippen MR) is 75.1 cm³/mol. The van der Waals surface area contributed by atoms with Crippen LogP contribution in [-0.2, 0) is 0 Å². The first-order valence-corrected chi connectivity index (χ1v) is 10.4. The molecule has 0 aliphatic carbocycles. The van der Waals surface area contributed by atoms with E-state index < -0.39 is 13.8 Å². The molecule has 0 fully saturated rings. The average Bonchev–Trinajstić information content (AvgIpc) is 2.17. The Morgan fingerprint density at radius 1 is 0.692 bits per heavy atom. The molecule has 80 valence electrons. The standard InChI is InChI=1S/C11H26P2/c1-7-12(5,8-2)11-13(6,9-3)10-4/h5-11H2,1-4H3. The summed E-state index contributed by atoms with van der Waals surface area (Å²) >= 11 is 0. The van der Waals surface area contributed by atoms with Crippen LogP contribution in [-0.4, -0.2) is 43.1 Å². The largest absolute Gasteiger partial charge is 0.108 e. The van der Waals surface area contributed by atoms with E-state index in [0.717, 1.165) is 0 Å². The lowest BCUT2D eigenvalue weighted by Gasteiger charge is -2.30. The van der Waals surface area contributed by atoms with E-state index in [1.54, 1.807) is 0 Å². The Morgan fingerprint density at radius 2 is 0.923 bits per heavy atom. The maximum atomic E-state index is 4.49. The van der Waals surface area contributed by atoms with Crippen molar-refractivity contribution in [2.45, 2.75) is 27.7 Å². The lowest BCUT2D eigenvalue weighted by molar-refractivity contribution is 1.37. The van der Waals surface area contributed by atoms with Crippen LogP contribution in [0.15, 0.2) is 0 Å². The van der Waals surface area contributed by atoms with Crippen LogP contribution < -0.4 is 0 Å². The van der Waals surface area contributed by atoms with Gasteiger partial charge in [0.05, 0.1) is 0 Å². The molecule has 0 spiro atoms. The maximum Gasteiger partial charge on any atom is -0.0133 e. The van der Waals surface area contributed by atoms with Crippen molar-refractivity contribution in [3.8, 4) is 0 Å². The molecule has 0 radical (unpaired) electrons. The Bertz CT molecular complexity index is 188. The van der Waals surface area contributed by atoms with Crippen molar-refractivity contribution in [3.63, 3.8) is 0 Å². The molecule has 0 aromatic heterocycles. The molecule has 0 amide bonds. The fourth-order valence-electron chi connectivity index (χ4n) is 1.48. The Balaban J connectivity index is 4.57. The molecule has 0 saturated carbocycles. The zero-order valence-corrected chi connectivity index (χ0v) is 11.6. The number of hydrogen-bond acceptors (Lipinski definition) is 0. The third kappa shape index (κ3) is 4.09.